The van der Waals surface area contributed by atoms with Crippen molar-refractivity contribution in [1.29, 1.82) is 0 Å². The van der Waals surface area contributed by atoms with Gasteiger partial charge in [0.2, 0.25) is 6.71 Å². The molecule has 1 fully saturated rings. The largest absolute Gasteiger partial charge is 0.216 e. The van der Waals surface area contributed by atoms with Crippen LogP contribution in [0.4, 0.5) is 0 Å². The highest BCUT2D eigenvalue weighted by atomic mass is 14.3. The van der Waals surface area contributed by atoms with Gasteiger partial charge in [-0.2, -0.15) is 0 Å². The second kappa shape index (κ2) is 7.60. The van der Waals surface area contributed by atoms with E-state index in [0.29, 0.717) is 12.5 Å². The molecule has 0 N–H and O–H groups in total. The molecule has 138 valence electrons. The van der Waals surface area contributed by atoms with Crippen LogP contribution in [0, 0.1) is 0 Å². The summed E-state index contributed by atoms with van der Waals surface area (Å²) in [4.78, 5) is 0. The van der Waals surface area contributed by atoms with Crippen LogP contribution in [-0.2, 0) is 0 Å². The van der Waals surface area contributed by atoms with E-state index in [2.05, 4.69) is 116 Å². The molecule has 1 saturated carbocycles. The third-order valence-electron chi connectivity index (χ3n) is 6.00. The molecule has 4 aromatic rings. The van der Waals surface area contributed by atoms with Gasteiger partial charge in [0.15, 0.2) is 0 Å². The molecule has 0 spiro atoms. The van der Waals surface area contributed by atoms with Crippen LogP contribution in [0.3, 0.4) is 0 Å². The second-order valence-electron chi connectivity index (χ2n) is 7.92. The van der Waals surface area contributed by atoms with E-state index < -0.39 is 0 Å². The molecule has 29 heavy (non-hydrogen) atoms. The maximum absolute atomic E-state index is 4.25. The lowest BCUT2D eigenvalue weighted by molar-refractivity contribution is 1.43. The van der Waals surface area contributed by atoms with Gasteiger partial charge in [-0.1, -0.05) is 126 Å². The first-order valence-electron chi connectivity index (χ1n) is 10.3. The average Bonchev–Trinajstić information content (AvgIpc) is 3.52. The van der Waals surface area contributed by atoms with Crippen molar-refractivity contribution in [3.63, 3.8) is 0 Å². The lowest BCUT2D eigenvalue weighted by atomic mass is 9.37. The molecule has 5 rings (SSSR count). The molecular formula is C28H23B. The molecule has 0 aromatic heterocycles. The Balaban J connectivity index is 1.46. The Kier molecular flexibility index (Phi) is 4.65. The molecule has 0 saturated heterocycles. The predicted octanol–water partition coefficient (Wildman–Crippen LogP) is 5.96. The molecule has 1 aliphatic carbocycles. The number of benzene rings is 4. The smallest absolute Gasteiger partial charge is 0.100 e. The Morgan fingerprint density at radius 2 is 0.862 bits per heavy atom. The Morgan fingerprint density at radius 3 is 1.21 bits per heavy atom. The topological polar surface area (TPSA) is 0 Å². The zero-order chi connectivity index (χ0) is 19.6. The van der Waals surface area contributed by atoms with Crippen molar-refractivity contribution in [2.75, 3.05) is 0 Å². The van der Waals surface area contributed by atoms with Crippen molar-refractivity contribution in [1.82, 2.24) is 0 Å². The Bertz CT molecular complexity index is 1030. The van der Waals surface area contributed by atoms with Crippen LogP contribution < -0.4 is 10.9 Å². The van der Waals surface area contributed by atoms with Gasteiger partial charge in [-0.3, -0.25) is 0 Å². The summed E-state index contributed by atoms with van der Waals surface area (Å²) >= 11 is 0. The first-order valence-corrected chi connectivity index (χ1v) is 10.3. The summed E-state index contributed by atoms with van der Waals surface area (Å²) in [6.45, 7) is 4.64. The van der Waals surface area contributed by atoms with Gasteiger partial charge < -0.3 is 0 Å². The monoisotopic (exact) mass is 370 g/mol. The minimum absolute atomic E-state index is 0.386. The van der Waals surface area contributed by atoms with Gasteiger partial charge in [-0.05, 0) is 34.5 Å². The fraction of sp³-hybridized carbons (Fsp3) is 0.0714. The van der Waals surface area contributed by atoms with Crippen molar-refractivity contribution >= 4 is 17.6 Å². The average molecular weight is 370 g/mol. The van der Waals surface area contributed by atoms with E-state index >= 15 is 0 Å². The summed E-state index contributed by atoms with van der Waals surface area (Å²) in [5.41, 5.74) is 9.18. The van der Waals surface area contributed by atoms with E-state index in [4.69, 9.17) is 0 Å². The van der Waals surface area contributed by atoms with Crippen LogP contribution in [0.15, 0.2) is 121 Å². The van der Waals surface area contributed by atoms with Crippen LogP contribution >= 0.6 is 0 Å². The molecule has 0 amide bonds. The van der Waals surface area contributed by atoms with E-state index in [1.165, 1.54) is 38.8 Å². The van der Waals surface area contributed by atoms with Crippen molar-refractivity contribution in [2.24, 2.45) is 0 Å². The number of rotatable bonds is 5. The first kappa shape index (κ1) is 17.8. The fourth-order valence-electron chi connectivity index (χ4n) is 4.26. The number of hydrogen-bond acceptors (Lipinski definition) is 0. The lowest BCUT2D eigenvalue weighted by Gasteiger charge is -2.15. The fourth-order valence-corrected chi connectivity index (χ4v) is 4.26. The second-order valence-corrected chi connectivity index (χ2v) is 7.92. The van der Waals surface area contributed by atoms with Crippen molar-refractivity contribution in [3.8, 4) is 22.3 Å². The van der Waals surface area contributed by atoms with Gasteiger partial charge in [-0.25, -0.2) is 0 Å². The third-order valence-corrected chi connectivity index (χ3v) is 6.00. The van der Waals surface area contributed by atoms with Gasteiger partial charge in [-0.15, -0.1) is 6.58 Å². The minimum Gasteiger partial charge on any atom is -0.100 e. The van der Waals surface area contributed by atoms with Crippen LogP contribution in [0.2, 0.25) is 5.82 Å². The van der Waals surface area contributed by atoms with E-state index in [-0.39, 0.29) is 0 Å². The van der Waals surface area contributed by atoms with E-state index in [1.54, 1.807) is 0 Å². The highest BCUT2D eigenvalue weighted by Gasteiger charge is 2.40. The summed E-state index contributed by atoms with van der Waals surface area (Å²) in [6, 6.07) is 39.3. The van der Waals surface area contributed by atoms with Gasteiger partial charge in [0.25, 0.3) is 0 Å². The molecule has 0 bridgehead atoms. The molecule has 1 unspecified atom stereocenters. The summed E-state index contributed by atoms with van der Waals surface area (Å²) in [7, 11) is 0. The van der Waals surface area contributed by atoms with E-state index in [1.807, 2.05) is 0 Å². The maximum atomic E-state index is 4.25. The number of hydrogen-bond donors (Lipinski definition) is 0. The molecular weight excluding hydrogens is 347 g/mol. The van der Waals surface area contributed by atoms with Crippen LogP contribution in [-0.4, -0.2) is 6.71 Å². The van der Waals surface area contributed by atoms with E-state index in [0.717, 1.165) is 6.42 Å². The van der Waals surface area contributed by atoms with Gasteiger partial charge in [0.05, 0.1) is 0 Å². The first-order chi connectivity index (χ1) is 14.3. The SMILES string of the molecule is C=C1CC1B(c1ccc(-c2ccccc2)cc1)c1ccc(-c2ccccc2)cc1. The highest BCUT2D eigenvalue weighted by Crippen LogP contribution is 2.44. The predicted molar refractivity (Wildman–Crippen MR) is 126 cm³/mol. The molecule has 0 nitrogen and oxygen atoms in total. The standard InChI is InChI=1S/C28H23B/c1-21-20-28(21)29(26-16-12-24(13-17-26)22-8-4-2-5-9-22)27-18-14-25(15-19-27)23-10-6-3-7-11-23/h2-19,28H,1,20H2. The summed E-state index contributed by atoms with van der Waals surface area (Å²) < 4.78 is 0. The molecule has 0 aliphatic heterocycles. The van der Waals surface area contributed by atoms with Crippen molar-refractivity contribution < 1.29 is 0 Å². The van der Waals surface area contributed by atoms with Crippen LogP contribution in [0.25, 0.3) is 22.3 Å². The number of allylic oxidation sites excluding steroid dienone is 1. The molecule has 1 atom stereocenters. The van der Waals surface area contributed by atoms with Crippen LogP contribution in [0.1, 0.15) is 6.42 Å². The van der Waals surface area contributed by atoms with E-state index in [9.17, 15) is 0 Å². The zero-order valence-electron chi connectivity index (χ0n) is 16.5. The van der Waals surface area contributed by atoms with Gasteiger partial charge in [0, 0.05) is 0 Å². The van der Waals surface area contributed by atoms with Gasteiger partial charge in [0.1, 0.15) is 0 Å². The third kappa shape index (κ3) is 3.69. The van der Waals surface area contributed by atoms with Crippen LogP contribution in [0.5, 0.6) is 0 Å². The Labute approximate surface area is 173 Å². The Hall–Kier alpha value is -3.32. The Morgan fingerprint density at radius 1 is 0.517 bits per heavy atom. The quantitative estimate of drug-likeness (QED) is 0.300. The molecule has 1 heteroatoms. The van der Waals surface area contributed by atoms with Crippen molar-refractivity contribution in [3.05, 3.63) is 121 Å². The maximum Gasteiger partial charge on any atom is 0.216 e. The molecule has 1 aliphatic rings. The summed E-state index contributed by atoms with van der Waals surface area (Å²) in [5.74, 6) is 0.556. The zero-order valence-corrected chi connectivity index (χ0v) is 16.5. The van der Waals surface area contributed by atoms with Crippen molar-refractivity contribution in [2.45, 2.75) is 12.2 Å². The lowest BCUT2D eigenvalue weighted by Crippen LogP contribution is -2.42. The van der Waals surface area contributed by atoms with Gasteiger partial charge >= 0.3 is 0 Å². The molecule has 0 radical (unpaired) electrons. The summed E-state index contributed by atoms with van der Waals surface area (Å²) in [5, 5.41) is 0. The summed E-state index contributed by atoms with van der Waals surface area (Å²) in [6.07, 6.45) is 1.13. The normalized spacial score (nSPS) is 15.2. The molecule has 4 aromatic carbocycles. The highest BCUT2D eigenvalue weighted by molar-refractivity contribution is 6.87. The molecule has 0 heterocycles. The minimum atomic E-state index is 0.386.